The molecule has 1 aromatic carbocycles. The molecule has 0 aliphatic carbocycles. The maximum absolute atomic E-state index is 12.5. The van der Waals surface area contributed by atoms with E-state index in [0.717, 1.165) is 54.3 Å². The minimum atomic E-state index is -0.201. The Bertz CT molecular complexity index is 963. The molecule has 0 atom stereocenters. The van der Waals surface area contributed by atoms with Crippen LogP contribution in [0.25, 0.3) is 16.9 Å². The first kappa shape index (κ1) is 16.4. The second kappa shape index (κ2) is 6.76. The van der Waals surface area contributed by atoms with Crippen LogP contribution in [-0.2, 0) is 0 Å². The Labute approximate surface area is 157 Å². The van der Waals surface area contributed by atoms with E-state index in [1.54, 1.807) is 0 Å². The van der Waals surface area contributed by atoms with Crippen LogP contribution in [0.4, 0.5) is 10.1 Å². The van der Waals surface area contributed by atoms with Gasteiger partial charge in [-0.2, -0.15) is 0 Å². The molecule has 0 amide bonds. The van der Waals surface area contributed by atoms with Crippen molar-refractivity contribution in [1.82, 2.24) is 9.38 Å². The predicted octanol–water partition coefficient (Wildman–Crippen LogP) is 4.31. The van der Waals surface area contributed by atoms with Gasteiger partial charge in [0.1, 0.15) is 5.65 Å². The van der Waals surface area contributed by atoms with Gasteiger partial charge < -0.3 is 18.8 Å². The number of hydrogen-bond donors (Lipinski definition) is 0. The molecule has 6 heteroatoms. The highest BCUT2D eigenvalue weighted by Crippen LogP contribution is 2.36. The zero-order valence-electron chi connectivity index (χ0n) is 15.1. The third kappa shape index (κ3) is 3.09. The Morgan fingerprint density at radius 1 is 1.07 bits per heavy atom. The lowest BCUT2D eigenvalue weighted by Crippen LogP contribution is -2.33. The van der Waals surface area contributed by atoms with Crippen LogP contribution < -0.4 is 14.4 Å². The fourth-order valence-electron chi connectivity index (χ4n) is 4.00. The average Bonchev–Trinajstić information content (AvgIpc) is 3.34. The highest BCUT2D eigenvalue weighted by molar-refractivity contribution is 5.68. The second-order valence-electron chi connectivity index (χ2n) is 7.25. The molecule has 0 N–H and O–H groups in total. The standard InChI is InChI=1S/C21H22FN3O2/c22-7-3-15-4-8-24(9-5-15)17-6-10-25-13-18(23-21(25)12-17)16-1-2-19-20(11-16)27-14-26-19/h1-2,6,10-13,15H,3-5,7-9,14H2. The van der Waals surface area contributed by atoms with Gasteiger partial charge in [-0.25, -0.2) is 4.98 Å². The number of imidazole rings is 1. The van der Waals surface area contributed by atoms with Gasteiger partial charge in [0.2, 0.25) is 6.79 Å². The molecule has 0 bridgehead atoms. The number of anilines is 1. The Balaban J connectivity index is 1.39. The Kier molecular flexibility index (Phi) is 4.11. The number of hydrogen-bond acceptors (Lipinski definition) is 4. The van der Waals surface area contributed by atoms with E-state index in [-0.39, 0.29) is 13.5 Å². The van der Waals surface area contributed by atoms with E-state index in [2.05, 4.69) is 23.2 Å². The summed E-state index contributed by atoms with van der Waals surface area (Å²) in [6.07, 6.45) is 6.91. The van der Waals surface area contributed by atoms with Crippen molar-refractivity contribution in [1.29, 1.82) is 0 Å². The SMILES string of the molecule is FCCC1CCN(c2ccn3cc(-c4ccc5c(c4)OCO5)nc3c2)CC1. The molecule has 5 rings (SSSR count). The van der Waals surface area contributed by atoms with Gasteiger partial charge in [-0.1, -0.05) is 0 Å². The average molecular weight is 367 g/mol. The molecule has 2 aromatic heterocycles. The first-order valence-corrected chi connectivity index (χ1v) is 9.50. The van der Waals surface area contributed by atoms with Crippen molar-refractivity contribution < 1.29 is 13.9 Å². The molecule has 1 fully saturated rings. The topological polar surface area (TPSA) is 39.0 Å². The van der Waals surface area contributed by atoms with Gasteiger partial charge in [-0.3, -0.25) is 4.39 Å². The second-order valence-corrected chi connectivity index (χ2v) is 7.25. The lowest BCUT2D eigenvalue weighted by Gasteiger charge is -2.33. The van der Waals surface area contributed by atoms with Crippen molar-refractivity contribution in [3.05, 3.63) is 42.7 Å². The van der Waals surface area contributed by atoms with E-state index >= 15 is 0 Å². The molecule has 3 aromatic rings. The molecule has 140 valence electrons. The van der Waals surface area contributed by atoms with Gasteiger partial charge >= 0.3 is 0 Å². The largest absolute Gasteiger partial charge is 0.454 e. The van der Waals surface area contributed by atoms with Gasteiger partial charge in [-0.05, 0) is 49.4 Å². The van der Waals surface area contributed by atoms with Crippen molar-refractivity contribution in [3.8, 4) is 22.8 Å². The molecule has 1 saturated heterocycles. The third-order valence-electron chi connectivity index (χ3n) is 5.61. The highest BCUT2D eigenvalue weighted by atomic mass is 19.1. The summed E-state index contributed by atoms with van der Waals surface area (Å²) in [5.41, 5.74) is 4.03. The maximum Gasteiger partial charge on any atom is 0.231 e. The summed E-state index contributed by atoms with van der Waals surface area (Å²) in [5.74, 6) is 2.07. The molecular weight excluding hydrogens is 345 g/mol. The van der Waals surface area contributed by atoms with Gasteiger partial charge in [0.15, 0.2) is 11.5 Å². The molecule has 27 heavy (non-hydrogen) atoms. The molecule has 0 spiro atoms. The molecule has 0 saturated carbocycles. The van der Waals surface area contributed by atoms with E-state index in [1.807, 2.05) is 28.8 Å². The summed E-state index contributed by atoms with van der Waals surface area (Å²) in [6.45, 7) is 2.04. The number of alkyl halides is 1. The monoisotopic (exact) mass is 367 g/mol. The van der Waals surface area contributed by atoms with E-state index in [1.165, 1.54) is 5.69 Å². The van der Waals surface area contributed by atoms with Crippen molar-refractivity contribution in [2.45, 2.75) is 19.3 Å². The van der Waals surface area contributed by atoms with Gasteiger partial charge in [0.25, 0.3) is 0 Å². The number of piperidine rings is 1. The van der Waals surface area contributed by atoms with Crippen LogP contribution >= 0.6 is 0 Å². The molecule has 0 radical (unpaired) electrons. The van der Waals surface area contributed by atoms with Crippen LogP contribution in [0, 0.1) is 5.92 Å². The van der Waals surface area contributed by atoms with Crippen molar-refractivity contribution in [2.75, 3.05) is 31.5 Å². The third-order valence-corrected chi connectivity index (χ3v) is 5.61. The van der Waals surface area contributed by atoms with Crippen LogP contribution in [0.15, 0.2) is 42.7 Å². The Morgan fingerprint density at radius 3 is 2.78 bits per heavy atom. The van der Waals surface area contributed by atoms with E-state index < -0.39 is 0 Å². The van der Waals surface area contributed by atoms with Crippen molar-refractivity contribution >= 4 is 11.3 Å². The molecule has 2 aliphatic rings. The molecule has 0 unspecified atom stereocenters. The Morgan fingerprint density at radius 2 is 1.93 bits per heavy atom. The van der Waals surface area contributed by atoms with Crippen LogP contribution in [-0.4, -0.2) is 35.9 Å². The van der Waals surface area contributed by atoms with Crippen LogP contribution in [0.3, 0.4) is 0 Å². The summed E-state index contributed by atoms with van der Waals surface area (Å²) in [4.78, 5) is 7.18. The predicted molar refractivity (Wildman–Crippen MR) is 102 cm³/mol. The quantitative estimate of drug-likeness (QED) is 0.689. The normalized spacial score (nSPS) is 17.0. The lowest BCUT2D eigenvalue weighted by molar-refractivity contribution is 0.174. The van der Waals surface area contributed by atoms with Gasteiger partial charge in [-0.15, -0.1) is 0 Å². The summed E-state index contributed by atoms with van der Waals surface area (Å²) in [7, 11) is 0. The fraction of sp³-hybridized carbons (Fsp3) is 0.381. The summed E-state index contributed by atoms with van der Waals surface area (Å²) in [5, 5.41) is 0. The zero-order valence-corrected chi connectivity index (χ0v) is 15.1. The van der Waals surface area contributed by atoms with E-state index in [4.69, 9.17) is 14.5 Å². The number of rotatable bonds is 4. The number of fused-ring (bicyclic) bond motifs is 2. The first-order chi connectivity index (χ1) is 13.3. The minimum Gasteiger partial charge on any atom is -0.454 e. The lowest BCUT2D eigenvalue weighted by atomic mass is 9.94. The summed E-state index contributed by atoms with van der Waals surface area (Å²) in [6, 6.07) is 10.2. The van der Waals surface area contributed by atoms with Crippen LogP contribution in [0.5, 0.6) is 11.5 Å². The number of halogens is 1. The smallest absolute Gasteiger partial charge is 0.231 e. The molecule has 2 aliphatic heterocycles. The van der Waals surface area contributed by atoms with E-state index in [0.29, 0.717) is 12.3 Å². The zero-order chi connectivity index (χ0) is 18.2. The number of aromatic nitrogens is 2. The Hall–Kier alpha value is -2.76. The number of ether oxygens (including phenoxy) is 2. The van der Waals surface area contributed by atoms with Crippen molar-refractivity contribution in [2.24, 2.45) is 5.92 Å². The van der Waals surface area contributed by atoms with Gasteiger partial charge in [0.05, 0.1) is 12.4 Å². The molecule has 4 heterocycles. The maximum atomic E-state index is 12.5. The summed E-state index contributed by atoms with van der Waals surface area (Å²) < 4.78 is 25.4. The number of benzene rings is 1. The fourth-order valence-corrected chi connectivity index (χ4v) is 4.00. The number of pyridine rings is 1. The minimum absolute atomic E-state index is 0.201. The summed E-state index contributed by atoms with van der Waals surface area (Å²) >= 11 is 0. The molecule has 5 nitrogen and oxygen atoms in total. The molecular formula is C21H22FN3O2. The van der Waals surface area contributed by atoms with Crippen LogP contribution in [0.2, 0.25) is 0 Å². The number of nitrogens with zero attached hydrogens (tertiary/aromatic N) is 3. The van der Waals surface area contributed by atoms with Crippen molar-refractivity contribution in [3.63, 3.8) is 0 Å². The first-order valence-electron chi connectivity index (χ1n) is 9.50. The highest BCUT2D eigenvalue weighted by Gasteiger charge is 2.20. The van der Waals surface area contributed by atoms with Crippen LogP contribution in [0.1, 0.15) is 19.3 Å². The van der Waals surface area contributed by atoms with E-state index in [9.17, 15) is 4.39 Å². The van der Waals surface area contributed by atoms with Gasteiger partial charge in [0, 0.05) is 42.8 Å².